The van der Waals surface area contributed by atoms with Gasteiger partial charge in [0.1, 0.15) is 5.82 Å². The van der Waals surface area contributed by atoms with E-state index in [2.05, 4.69) is 15.2 Å². The molecule has 1 unspecified atom stereocenters. The van der Waals surface area contributed by atoms with Crippen LogP contribution in [-0.4, -0.2) is 40.2 Å². The van der Waals surface area contributed by atoms with Gasteiger partial charge in [-0.2, -0.15) is 0 Å². The molecule has 2 N–H and O–H groups in total. The van der Waals surface area contributed by atoms with Crippen molar-refractivity contribution >= 4 is 17.4 Å². The van der Waals surface area contributed by atoms with Gasteiger partial charge in [0.05, 0.1) is 16.3 Å². The molecule has 1 fully saturated rings. The molecule has 1 aromatic heterocycles. The Morgan fingerprint density at radius 1 is 1.53 bits per heavy atom. The molecule has 1 atom stereocenters. The van der Waals surface area contributed by atoms with Crippen molar-refractivity contribution in [1.82, 2.24) is 9.88 Å². The SMILES string of the molecule is CCNc1ccc(Cl)c(CN2CCCC(C)(O)C2)n1. The molecule has 0 spiro atoms. The Morgan fingerprint density at radius 3 is 3.00 bits per heavy atom. The van der Waals surface area contributed by atoms with Crippen LogP contribution in [0.1, 0.15) is 32.4 Å². The number of piperidine rings is 1. The first-order chi connectivity index (χ1) is 9.00. The van der Waals surface area contributed by atoms with Crippen LogP contribution in [0.25, 0.3) is 0 Å². The van der Waals surface area contributed by atoms with E-state index in [9.17, 15) is 5.11 Å². The Labute approximate surface area is 119 Å². The quantitative estimate of drug-likeness (QED) is 0.891. The number of halogens is 1. The molecule has 4 nitrogen and oxygen atoms in total. The summed E-state index contributed by atoms with van der Waals surface area (Å²) in [5, 5.41) is 14.0. The van der Waals surface area contributed by atoms with E-state index in [1.54, 1.807) is 0 Å². The van der Waals surface area contributed by atoms with Crippen molar-refractivity contribution in [3.8, 4) is 0 Å². The molecule has 5 heteroatoms. The highest BCUT2D eigenvalue weighted by atomic mass is 35.5. The van der Waals surface area contributed by atoms with Crippen LogP contribution in [0.5, 0.6) is 0 Å². The highest BCUT2D eigenvalue weighted by molar-refractivity contribution is 6.31. The lowest BCUT2D eigenvalue weighted by atomic mass is 9.95. The van der Waals surface area contributed by atoms with Crippen LogP contribution in [0.3, 0.4) is 0 Å². The number of hydrogen-bond acceptors (Lipinski definition) is 4. The summed E-state index contributed by atoms with van der Waals surface area (Å²) in [6, 6.07) is 3.77. The fourth-order valence-corrected chi connectivity index (χ4v) is 2.71. The largest absolute Gasteiger partial charge is 0.389 e. The molecule has 0 amide bonds. The van der Waals surface area contributed by atoms with E-state index in [0.717, 1.165) is 37.4 Å². The normalized spacial score (nSPS) is 24.4. The van der Waals surface area contributed by atoms with E-state index in [1.807, 2.05) is 26.0 Å². The molecule has 19 heavy (non-hydrogen) atoms. The second-order valence-electron chi connectivity index (χ2n) is 5.47. The standard InChI is InChI=1S/C14H22ClN3O/c1-3-16-13-6-5-11(15)12(17-13)9-18-8-4-7-14(2,19)10-18/h5-6,19H,3-4,7-10H2,1-2H3,(H,16,17). The molecular formula is C14H22ClN3O. The highest BCUT2D eigenvalue weighted by Gasteiger charge is 2.28. The van der Waals surface area contributed by atoms with E-state index in [1.165, 1.54) is 0 Å². The van der Waals surface area contributed by atoms with Gasteiger partial charge < -0.3 is 10.4 Å². The first kappa shape index (κ1) is 14.6. The zero-order chi connectivity index (χ0) is 13.9. The van der Waals surface area contributed by atoms with Crippen molar-refractivity contribution in [1.29, 1.82) is 0 Å². The van der Waals surface area contributed by atoms with Gasteiger partial charge in [-0.05, 0) is 45.4 Å². The van der Waals surface area contributed by atoms with Crippen molar-refractivity contribution in [2.75, 3.05) is 25.0 Å². The number of aromatic nitrogens is 1. The monoisotopic (exact) mass is 283 g/mol. The van der Waals surface area contributed by atoms with Crippen LogP contribution >= 0.6 is 11.6 Å². The van der Waals surface area contributed by atoms with Crippen molar-refractivity contribution in [2.45, 2.75) is 38.8 Å². The lowest BCUT2D eigenvalue weighted by Gasteiger charge is -2.36. The number of pyridine rings is 1. The fourth-order valence-electron chi connectivity index (χ4n) is 2.54. The van der Waals surface area contributed by atoms with E-state index < -0.39 is 5.60 Å². The number of aliphatic hydroxyl groups is 1. The predicted octanol–water partition coefficient (Wildman–Crippen LogP) is 2.51. The second kappa shape index (κ2) is 6.07. The summed E-state index contributed by atoms with van der Waals surface area (Å²) in [6.45, 7) is 7.12. The van der Waals surface area contributed by atoms with Crippen molar-refractivity contribution < 1.29 is 5.11 Å². The molecule has 2 rings (SSSR count). The van der Waals surface area contributed by atoms with Crippen LogP contribution in [0.2, 0.25) is 5.02 Å². The Bertz CT molecular complexity index is 437. The van der Waals surface area contributed by atoms with Gasteiger partial charge in [0.25, 0.3) is 0 Å². The Hall–Kier alpha value is -0.840. The molecule has 0 aliphatic carbocycles. The molecule has 0 saturated carbocycles. The average molecular weight is 284 g/mol. The average Bonchev–Trinajstić information content (AvgIpc) is 2.32. The van der Waals surface area contributed by atoms with Crippen molar-refractivity contribution in [3.63, 3.8) is 0 Å². The predicted molar refractivity (Wildman–Crippen MR) is 78.5 cm³/mol. The van der Waals surface area contributed by atoms with Crippen molar-refractivity contribution in [3.05, 3.63) is 22.8 Å². The summed E-state index contributed by atoms with van der Waals surface area (Å²) < 4.78 is 0. The minimum Gasteiger partial charge on any atom is -0.389 e. The third-order valence-corrected chi connectivity index (χ3v) is 3.75. The zero-order valence-electron chi connectivity index (χ0n) is 11.6. The van der Waals surface area contributed by atoms with Gasteiger partial charge in [0.2, 0.25) is 0 Å². The number of β-amino-alcohol motifs (C(OH)–C–C–N with tert-alkyl or cyclic N) is 1. The minimum atomic E-state index is -0.593. The lowest BCUT2D eigenvalue weighted by molar-refractivity contribution is -0.0184. The smallest absolute Gasteiger partial charge is 0.126 e. The van der Waals surface area contributed by atoms with E-state index in [0.29, 0.717) is 18.1 Å². The van der Waals surface area contributed by atoms with Gasteiger partial charge in [-0.1, -0.05) is 11.6 Å². The maximum Gasteiger partial charge on any atom is 0.126 e. The first-order valence-corrected chi connectivity index (χ1v) is 7.22. The topological polar surface area (TPSA) is 48.4 Å². The first-order valence-electron chi connectivity index (χ1n) is 6.84. The van der Waals surface area contributed by atoms with Crippen molar-refractivity contribution in [2.24, 2.45) is 0 Å². The maximum absolute atomic E-state index is 10.1. The second-order valence-corrected chi connectivity index (χ2v) is 5.87. The van der Waals surface area contributed by atoms with Crippen LogP contribution in [-0.2, 0) is 6.54 Å². The fraction of sp³-hybridized carbons (Fsp3) is 0.643. The van der Waals surface area contributed by atoms with Gasteiger partial charge in [0.15, 0.2) is 0 Å². The maximum atomic E-state index is 10.1. The Morgan fingerprint density at radius 2 is 2.32 bits per heavy atom. The Balaban J connectivity index is 2.07. The van der Waals surface area contributed by atoms with Crippen LogP contribution in [0.15, 0.2) is 12.1 Å². The molecule has 106 valence electrons. The number of nitrogens with one attached hydrogen (secondary N) is 1. The molecule has 2 heterocycles. The van der Waals surface area contributed by atoms with Gasteiger partial charge >= 0.3 is 0 Å². The van der Waals surface area contributed by atoms with Crippen LogP contribution < -0.4 is 5.32 Å². The summed E-state index contributed by atoms with van der Waals surface area (Å²) in [7, 11) is 0. The number of anilines is 1. The molecule has 0 aromatic carbocycles. The van der Waals surface area contributed by atoms with Crippen LogP contribution in [0.4, 0.5) is 5.82 Å². The third kappa shape index (κ3) is 4.06. The highest BCUT2D eigenvalue weighted by Crippen LogP contribution is 2.24. The summed E-state index contributed by atoms with van der Waals surface area (Å²) in [5.74, 6) is 0.852. The number of likely N-dealkylation sites (tertiary alicyclic amines) is 1. The molecule has 1 aliphatic rings. The van der Waals surface area contributed by atoms with E-state index >= 15 is 0 Å². The number of rotatable bonds is 4. The summed E-state index contributed by atoms with van der Waals surface area (Å²) in [5.41, 5.74) is 0.280. The molecule has 1 saturated heterocycles. The molecular weight excluding hydrogens is 262 g/mol. The van der Waals surface area contributed by atoms with E-state index in [4.69, 9.17) is 11.6 Å². The van der Waals surface area contributed by atoms with Gasteiger partial charge in [-0.25, -0.2) is 4.98 Å². The molecule has 1 aromatic rings. The summed E-state index contributed by atoms with van der Waals surface area (Å²) >= 11 is 6.21. The molecule has 0 bridgehead atoms. The van der Waals surface area contributed by atoms with Gasteiger partial charge in [-0.15, -0.1) is 0 Å². The molecule has 1 aliphatic heterocycles. The third-order valence-electron chi connectivity index (χ3n) is 3.40. The van der Waals surface area contributed by atoms with E-state index in [-0.39, 0.29) is 0 Å². The number of hydrogen-bond donors (Lipinski definition) is 2. The minimum absolute atomic E-state index is 0.593. The van der Waals surface area contributed by atoms with Gasteiger partial charge in [0, 0.05) is 19.6 Å². The van der Waals surface area contributed by atoms with Gasteiger partial charge in [-0.3, -0.25) is 4.90 Å². The Kier molecular flexibility index (Phi) is 4.66. The zero-order valence-corrected chi connectivity index (χ0v) is 12.4. The number of nitrogens with zero attached hydrogens (tertiary/aromatic N) is 2. The van der Waals surface area contributed by atoms with Crippen LogP contribution in [0, 0.1) is 0 Å². The summed E-state index contributed by atoms with van der Waals surface area (Å²) in [4.78, 5) is 6.75. The lowest BCUT2D eigenvalue weighted by Crippen LogP contribution is -2.45. The summed E-state index contributed by atoms with van der Waals surface area (Å²) in [6.07, 6.45) is 1.87. The molecule has 0 radical (unpaired) electrons.